The lowest BCUT2D eigenvalue weighted by Crippen LogP contribution is -2.06. The zero-order chi connectivity index (χ0) is 7.98. The van der Waals surface area contributed by atoms with Crippen LogP contribution >= 0.6 is 22.6 Å². The Morgan fingerprint density at radius 1 is 1.40 bits per heavy atom. The van der Waals surface area contributed by atoms with Gasteiger partial charge in [-0.2, -0.15) is 0 Å². The Morgan fingerprint density at radius 3 is 2.30 bits per heavy atom. The van der Waals surface area contributed by atoms with E-state index in [0.29, 0.717) is 15.9 Å². The Morgan fingerprint density at radius 2 is 2.00 bits per heavy atom. The molecule has 58 valence electrons. The van der Waals surface area contributed by atoms with Crippen LogP contribution in [0.4, 0.5) is 0 Å². The lowest BCUT2D eigenvalue weighted by Gasteiger charge is -1.95. The van der Waals surface area contributed by atoms with Gasteiger partial charge in [0.05, 0.1) is 0 Å². The molecule has 0 aromatic carbocycles. The second-order valence-electron chi connectivity index (χ2n) is 1.69. The number of hydrogen-bond acceptors (Lipinski definition) is 4. The van der Waals surface area contributed by atoms with Crippen LogP contribution in [0.2, 0.25) is 0 Å². The maximum atomic E-state index is 8.35. The van der Waals surface area contributed by atoms with Crippen molar-refractivity contribution in [2.45, 2.75) is 19.8 Å². The molecule has 0 aliphatic rings. The summed E-state index contributed by atoms with van der Waals surface area (Å²) in [7, 11) is 0. The predicted molar refractivity (Wildman–Crippen MR) is 47.4 cm³/mol. The second-order valence-corrected chi connectivity index (χ2v) is 2.71. The molecule has 0 spiro atoms. The number of hydrogen-bond donors (Lipinski definition) is 2. The SMILES string of the molecule is CCCC(=N/O)/C(I)=N\O. The molecular weight excluding hydrogens is 247 g/mol. The predicted octanol–water partition coefficient (Wildman–Crippen LogP) is 1.84. The Bertz CT molecular complexity index is 156. The van der Waals surface area contributed by atoms with Crippen LogP contribution in [0.1, 0.15) is 19.8 Å². The molecule has 4 nitrogen and oxygen atoms in total. The van der Waals surface area contributed by atoms with Gasteiger partial charge in [0.1, 0.15) is 5.71 Å². The average Bonchev–Trinajstić information content (AvgIpc) is 1.99. The molecule has 5 heteroatoms. The van der Waals surface area contributed by atoms with Crippen molar-refractivity contribution in [1.82, 2.24) is 0 Å². The minimum absolute atomic E-state index is 0.335. The van der Waals surface area contributed by atoms with E-state index in [1.165, 1.54) is 0 Å². The number of rotatable bonds is 3. The van der Waals surface area contributed by atoms with Crippen molar-refractivity contribution >= 4 is 32.0 Å². The summed E-state index contributed by atoms with van der Waals surface area (Å²) in [6.07, 6.45) is 1.49. The fourth-order valence-electron chi connectivity index (χ4n) is 0.489. The molecule has 0 bridgehead atoms. The molecule has 0 aromatic rings. The molecule has 0 rings (SSSR count). The molecule has 0 fully saturated rings. The molecule has 10 heavy (non-hydrogen) atoms. The first-order chi connectivity index (χ1) is 4.76. The molecule has 0 aliphatic heterocycles. The number of halogens is 1. The summed E-state index contributed by atoms with van der Waals surface area (Å²) in [6.45, 7) is 1.95. The van der Waals surface area contributed by atoms with Gasteiger partial charge in [-0.15, -0.1) is 0 Å². The van der Waals surface area contributed by atoms with Gasteiger partial charge in [-0.05, 0) is 29.0 Å². The molecule has 0 atom stereocenters. The number of nitrogens with zero attached hydrogens (tertiary/aromatic N) is 2. The summed E-state index contributed by atoms with van der Waals surface area (Å²) in [5, 5.41) is 22.5. The van der Waals surface area contributed by atoms with Crippen molar-refractivity contribution < 1.29 is 10.4 Å². The molecular formula is C5H9IN2O2. The van der Waals surface area contributed by atoms with Crippen molar-refractivity contribution in [3.8, 4) is 0 Å². The van der Waals surface area contributed by atoms with E-state index in [9.17, 15) is 0 Å². The zero-order valence-corrected chi connectivity index (χ0v) is 7.74. The lowest BCUT2D eigenvalue weighted by atomic mass is 10.2. The van der Waals surface area contributed by atoms with E-state index in [2.05, 4.69) is 10.3 Å². The van der Waals surface area contributed by atoms with Crippen molar-refractivity contribution in [2.24, 2.45) is 10.3 Å². The van der Waals surface area contributed by atoms with Gasteiger partial charge in [-0.3, -0.25) is 0 Å². The van der Waals surface area contributed by atoms with E-state index in [1.54, 1.807) is 22.6 Å². The van der Waals surface area contributed by atoms with Crippen molar-refractivity contribution in [2.75, 3.05) is 0 Å². The Balaban J connectivity index is 4.09. The third kappa shape index (κ3) is 3.00. The third-order valence-electron chi connectivity index (χ3n) is 0.933. The van der Waals surface area contributed by atoms with Gasteiger partial charge in [-0.25, -0.2) is 0 Å². The smallest absolute Gasteiger partial charge is 0.165 e. The standard InChI is InChI=1S/C5H9IN2O2/c1-2-3-4(7-9)5(6)8-10/h9-10H,2-3H2,1H3/b7-4-,8-5+. The van der Waals surface area contributed by atoms with Crippen LogP contribution < -0.4 is 0 Å². The summed E-state index contributed by atoms with van der Waals surface area (Å²) >= 11 is 1.80. The third-order valence-corrected chi connectivity index (χ3v) is 1.77. The molecule has 0 amide bonds. The zero-order valence-electron chi connectivity index (χ0n) is 5.58. The van der Waals surface area contributed by atoms with Crippen LogP contribution in [0.25, 0.3) is 0 Å². The van der Waals surface area contributed by atoms with E-state index >= 15 is 0 Å². The van der Waals surface area contributed by atoms with Crippen LogP contribution in [-0.4, -0.2) is 19.8 Å². The molecule has 0 aliphatic carbocycles. The van der Waals surface area contributed by atoms with Crippen LogP contribution in [0.3, 0.4) is 0 Å². The first-order valence-electron chi connectivity index (χ1n) is 2.85. The minimum Gasteiger partial charge on any atom is -0.411 e. The summed E-state index contributed by atoms with van der Waals surface area (Å²) in [6, 6.07) is 0. The molecule has 0 saturated carbocycles. The largest absolute Gasteiger partial charge is 0.411 e. The summed E-state index contributed by atoms with van der Waals surface area (Å²) in [4.78, 5) is 0. The second kappa shape index (κ2) is 5.45. The highest BCUT2D eigenvalue weighted by atomic mass is 127. The van der Waals surface area contributed by atoms with Gasteiger partial charge in [-0.1, -0.05) is 23.7 Å². The number of oxime groups is 2. The quantitative estimate of drug-likeness (QED) is 0.350. The van der Waals surface area contributed by atoms with Gasteiger partial charge < -0.3 is 10.4 Å². The van der Waals surface area contributed by atoms with Crippen LogP contribution in [0, 0.1) is 0 Å². The summed E-state index contributed by atoms with van der Waals surface area (Å²) in [5.74, 6) is 0. The Kier molecular flexibility index (Phi) is 5.27. The maximum absolute atomic E-state index is 8.35. The van der Waals surface area contributed by atoms with E-state index in [-0.39, 0.29) is 0 Å². The first-order valence-corrected chi connectivity index (χ1v) is 3.93. The molecule has 0 heterocycles. The van der Waals surface area contributed by atoms with Gasteiger partial charge in [0.2, 0.25) is 0 Å². The highest BCUT2D eigenvalue weighted by Crippen LogP contribution is 2.00. The average molecular weight is 256 g/mol. The van der Waals surface area contributed by atoms with E-state index in [0.717, 1.165) is 6.42 Å². The van der Waals surface area contributed by atoms with Crippen molar-refractivity contribution in [1.29, 1.82) is 0 Å². The highest BCUT2D eigenvalue weighted by Gasteiger charge is 2.04. The Labute approximate surface area is 72.7 Å². The summed E-state index contributed by atoms with van der Waals surface area (Å²) in [5.41, 5.74) is 0.422. The first kappa shape index (κ1) is 9.67. The molecule has 0 saturated heterocycles. The van der Waals surface area contributed by atoms with Gasteiger partial charge in [0, 0.05) is 0 Å². The minimum atomic E-state index is 0.335. The maximum Gasteiger partial charge on any atom is 0.165 e. The highest BCUT2D eigenvalue weighted by molar-refractivity contribution is 14.1. The van der Waals surface area contributed by atoms with Gasteiger partial charge >= 0.3 is 0 Å². The van der Waals surface area contributed by atoms with E-state index < -0.39 is 0 Å². The summed E-state index contributed by atoms with van der Waals surface area (Å²) < 4.78 is 0.335. The van der Waals surface area contributed by atoms with E-state index in [1.807, 2.05) is 6.92 Å². The topological polar surface area (TPSA) is 65.2 Å². The Hall–Kier alpha value is -0.330. The fourth-order valence-corrected chi connectivity index (χ4v) is 0.866. The van der Waals surface area contributed by atoms with Crippen LogP contribution in [-0.2, 0) is 0 Å². The monoisotopic (exact) mass is 256 g/mol. The molecule has 0 aromatic heterocycles. The molecule has 0 unspecified atom stereocenters. The van der Waals surface area contributed by atoms with Crippen LogP contribution in [0.15, 0.2) is 10.3 Å². The van der Waals surface area contributed by atoms with Gasteiger partial charge in [0.15, 0.2) is 3.72 Å². The molecule has 0 radical (unpaired) electrons. The lowest BCUT2D eigenvalue weighted by molar-refractivity contribution is 0.314. The van der Waals surface area contributed by atoms with Crippen LogP contribution in [0.5, 0.6) is 0 Å². The van der Waals surface area contributed by atoms with E-state index in [4.69, 9.17) is 10.4 Å². The van der Waals surface area contributed by atoms with Crippen molar-refractivity contribution in [3.63, 3.8) is 0 Å². The van der Waals surface area contributed by atoms with Gasteiger partial charge in [0.25, 0.3) is 0 Å². The normalized spacial score (nSPS) is 13.8. The van der Waals surface area contributed by atoms with Crippen molar-refractivity contribution in [3.05, 3.63) is 0 Å². The molecule has 2 N–H and O–H groups in total. The fraction of sp³-hybridized carbons (Fsp3) is 0.600.